The van der Waals surface area contributed by atoms with E-state index in [1.165, 1.54) is 12.1 Å². The van der Waals surface area contributed by atoms with Gasteiger partial charge in [0.05, 0.1) is 0 Å². The maximum atomic E-state index is 13.5. The first-order chi connectivity index (χ1) is 8.60. The van der Waals surface area contributed by atoms with Crippen LogP contribution in [0.15, 0.2) is 36.4 Å². The lowest BCUT2D eigenvalue weighted by atomic mass is 10.2. The van der Waals surface area contributed by atoms with Crippen LogP contribution in [0.25, 0.3) is 0 Å². The van der Waals surface area contributed by atoms with Gasteiger partial charge < -0.3 is 4.74 Å². The normalized spacial score (nSPS) is 10.2. The number of aldehydes is 1. The van der Waals surface area contributed by atoms with Gasteiger partial charge in [-0.3, -0.25) is 4.79 Å². The number of rotatable bonds is 3. The number of hydrogen-bond acceptors (Lipinski definition) is 2. The molecule has 0 saturated carbocycles. The molecule has 2 rings (SSSR count). The fourth-order valence-electron chi connectivity index (χ4n) is 1.35. The van der Waals surface area contributed by atoms with Crippen molar-refractivity contribution in [3.63, 3.8) is 0 Å². The highest BCUT2D eigenvalue weighted by atomic mass is 19.1. The van der Waals surface area contributed by atoms with Crippen LogP contribution in [-0.4, -0.2) is 6.29 Å². The van der Waals surface area contributed by atoms with Crippen molar-refractivity contribution in [3.05, 3.63) is 59.4 Å². The Morgan fingerprint density at radius 3 is 2.33 bits per heavy atom. The van der Waals surface area contributed by atoms with Gasteiger partial charge in [0.25, 0.3) is 0 Å². The summed E-state index contributed by atoms with van der Waals surface area (Å²) in [5.41, 5.74) is 0.125. The van der Waals surface area contributed by atoms with Crippen molar-refractivity contribution in [1.82, 2.24) is 0 Å². The zero-order valence-electron chi connectivity index (χ0n) is 8.99. The SMILES string of the molecule is O=Cc1ccc(Oc2cc(F)ccc2F)c(F)c1. The number of carbonyl (C=O) groups excluding carboxylic acids is 1. The quantitative estimate of drug-likeness (QED) is 0.778. The van der Waals surface area contributed by atoms with Gasteiger partial charge in [-0.2, -0.15) is 0 Å². The van der Waals surface area contributed by atoms with Gasteiger partial charge in [0.1, 0.15) is 12.1 Å². The summed E-state index contributed by atoms with van der Waals surface area (Å²) in [5.74, 6) is -3.05. The maximum Gasteiger partial charge on any atom is 0.166 e. The third kappa shape index (κ3) is 2.51. The van der Waals surface area contributed by atoms with Gasteiger partial charge in [-0.1, -0.05) is 0 Å². The van der Waals surface area contributed by atoms with Gasteiger partial charge in [0.15, 0.2) is 23.1 Å². The van der Waals surface area contributed by atoms with E-state index in [9.17, 15) is 18.0 Å². The standard InChI is InChI=1S/C13H7F3O2/c14-9-2-3-10(15)13(6-9)18-12-4-1-8(7-17)5-11(12)16/h1-7H. The van der Waals surface area contributed by atoms with E-state index in [1.807, 2.05) is 0 Å². The minimum atomic E-state index is -0.830. The molecule has 92 valence electrons. The first kappa shape index (κ1) is 12.2. The second kappa shape index (κ2) is 4.91. The molecule has 5 heteroatoms. The van der Waals surface area contributed by atoms with Crippen LogP contribution in [0.1, 0.15) is 10.4 Å². The molecule has 0 saturated heterocycles. The van der Waals surface area contributed by atoms with E-state index in [0.29, 0.717) is 6.29 Å². The Morgan fingerprint density at radius 2 is 1.67 bits per heavy atom. The first-order valence-electron chi connectivity index (χ1n) is 4.98. The summed E-state index contributed by atoms with van der Waals surface area (Å²) in [7, 11) is 0. The molecule has 0 spiro atoms. The van der Waals surface area contributed by atoms with E-state index in [2.05, 4.69) is 0 Å². The van der Waals surface area contributed by atoms with Crippen LogP contribution in [-0.2, 0) is 0 Å². The topological polar surface area (TPSA) is 26.3 Å². The highest BCUT2D eigenvalue weighted by Gasteiger charge is 2.10. The van der Waals surface area contributed by atoms with Crippen LogP contribution in [0.2, 0.25) is 0 Å². The molecule has 0 unspecified atom stereocenters. The van der Waals surface area contributed by atoms with Gasteiger partial charge in [0.2, 0.25) is 0 Å². The maximum absolute atomic E-state index is 13.5. The van der Waals surface area contributed by atoms with Crippen molar-refractivity contribution in [2.45, 2.75) is 0 Å². The van der Waals surface area contributed by atoms with Crippen LogP contribution in [0, 0.1) is 17.5 Å². The van der Waals surface area contributed by atoms with E-state index in [0.717, 1.165) is 24.3 Å². The molecule has 0 aliphatic rings. The van der Waals surface area contributed by atoms with Crippen molar-refractivity contribution >= 4 is 6.29 Å². The Bertz CT molecular complexity index is 597. The van der Waals surface area contributed by atoms with Crippen molar-refractivity contribution in [2.75, 3.05) is 0 Å². The Hall–Kier alpha value is -2.30. The van der Waals surface area contributed by atoms with E-state index >= 15 is 0 Å². The lowest BCUT2D eigenvalue weighted by Gasteiger charge is -2.07. The van der Waals surface area contributed by atoms with Crippen molar-refractivity contribution in [1.29, 1.82) is 0 Å². The third-order valence-corrected chi connectivity index (χ3v) is 2.21. The fourth-order valence-corrected chi connectivity index (χ4v) is 1.35. The lowest BCUT2D eigenvalue weighted by molar-refractivity contribution is 0.112. The molecule has 18 heavy (non-hydrogen) atoms. The molecule has 2 aromatic carbocycles. The van der Waals surface area contributed by atoms with Gasteiger partial charge in [-0.05, 0) is 30.3 Å². The van der Waals surface area contributed by atoms with Gasteiger partial charge >= 0.3 is 0 Å². The minimum Gasteiger partial charge on any atom is -0.451 e. The predicted octanol–water partition coefficient (Wildman–Crippen LogP) is 3.71. The van der Waals surface area contributed by atoms with Crippen molar-refractivity contribution in [2.24, 2.45) is 0 Å². The minimum absolute atomic E-state index is 0.125. The van der Waals surface area contributed by atoms with Crippen LogP contribution in [0.4, 0.5) is 13.2 Å². The number of carbonyl (C=O) groups is 1. The van der Waals surface area contributed by atoms with Gasteiger partial charge in [-0.15, -0.1) is 0 Å². The molecular weight excluding hydrogens is 245 g/mol. The predicted molar refractivity (Wildman–Crippen MR) is 58.2 cm³/mol. The second-order valence-corrected chi connectivity index (χ2v) is 3.48. The Morgan fingerprint density at radius 1 is 0.889 bits per heavy atom. The molecule has 0 amide bonds. The largest absolute Gasteiger partial charge is 0.451 e. The van der Waals surface area contributed by atoms with Crippen molar-refractivity contribution < 1.29 is 22.7 Å². The van der Waals surface area contributed by atoms with Crippen LogP contribution in [0.3, 0.4) is 0 Å². The van der Waals surface area contributed by atoms with Crippen LogP contribution < -0.4 is 4.74 Å². The van der Waals surface area contributed by atoms with E-state index < -0.39 is 23.2 Å². The Kier molecular flexibility index (Phi) is 3.32. The lowest BCUT2D eigenvalue weighted by Crippen LogP contribution is -1.93. The molecular formula is C13H7F3O2. The fraction of sp³-hybridized carbons (Fsp3) is 0. The Balaban J connectivity index is 2.34. The zero-order valence-corrected chi connectivity index (χ0v) is 8.99. The summed E-state index contributed by atoms with van der Waals surface area (Å²) in [5, 5.41) is 0. The molecule has 2 aromatic rings. The zero-order chi connectivity index (χ0) is 13.1. The molecule has 0 aliphatic heterocycles. The number of hydrogen-bond donors (Lipinski definition) is 0. The number of halogens is 3. The summed E-state index contributed by atoms with van der Waals surface area (Å²) in [6.07, 6.45) is 0.468. The highest BCUT2D eigenvalue weighted by molar-refractivity contribution is 5.75. The first-order valence-corrected chi connectivity index (χ1v) is 4.98. The average Bonchev–Trinajstić information content (AvgIpc) is 2.36. The monoisotopic (exact) mass is 252 g/mol. The smallest absolute Gasteiger partial charge is 0.166 e. The summed E-state index contributed by atoms with van der Waals surface area (Å²) in [6.45, 7) is 0. The second-order valence-electron chi connectivity index (χ2n) is 3.48. The average molecular weight is 252 g/mol. The molecule has 2 nitrogen and oxygen atoms in total. The summed E-state index contributed by atoms with van der Waals surface area (Å²) in [6, 6.07) is 6.03. The molecule has 0 radical (unpaired) electrons. The van der Waals surface area contributed by atoms with Crippen LogP contribution >= 0.6 is 0 Å². The molecule has 0 N–H and O–H groups in total. The van der Waals surface area contributed by atoms with E-state index in [4.69, 9.17) is 4.74 Å². The van der Waals surface area contributed by atoms with E-state index in [-0.39, 0.29) is 11.3 Å². The molecule has 0 atom stereocenters. The molecule has 0 heterocycles. The summed E-state index contributed by atoms with van der Waals surface area (Å²) >= 11 is 0. The highest BCUT2D eigenvalue weighted by Crippen LogP contribution is 2.27. The van der Waals surface area contributed by atoms with Crippen LogP contribution in [0.5, 0.6) is 11.5 Å². The molecule has 0 fully saturated rings. The van der Waals surface area contributed by atoms with Gasteiger partial charge in [0, 0.05) is 11.6 Å². The van der Waals surface area contributed by atoms with Crippen molar-refractivity contribution in [3.8, 4) is 11.5 Å². The molecule has 0 aliphatic carbocycles. The third-order valence-electron chi connectivity index (χ3n) is 2.21. The van der Waals surface area contributed by atoms with E-state index in [1.54, 1.807) is 0 Å². The molecule has 0 aromatic heterocycles. The van der Waals surface area contributed by atoms with Gasteiger partial charge in [-0.25, -0.2) is 13.2 Å². The number of ether oxygens (including phenoxy) is 1. The summed E-state index contributed by atoms with van der Waals surface area (Å²) < 4.78 is 44.5. The Labute approximate surface area is 101 Å². The summed E-state index contributed by atoms with van der Waals surface area (Å²) in [4.78, 5) is 10.4. The molecule has 0 bridgehead atoms. The number of benzene rings is 2.